The number of aromatic nitrogens is 1. The molecule has 0 radical (unpaired) electrons. The van der Waals surface area contributed by atoms with Crippen LogP contribution >= 0.6 is 0 Å². The van der Waals surface area contributed by atoms with E-state index in [4.69, 9.17) is 9.26 Å². The fraction of sp³-hybridized carbons (Fsp3) is 0.722. The van der Waals surface area contributed by atoms with Crippen molar-refractivity contribution in [3.63, 3.8) is 0 Å². The summed E-state index contributed by atoms with van der Waals surface area (Å²) in [6.07, 6.45) is 4.03. The van der Waals surface area contributed by atoms with Gasteiger partial charge in [-0.05, 0) is 31.6 Å². The second-order valence-corrected chi connectivity index (χ2v) is 7.41. The molecular weight excluding hydrogens is 322 g/mol. The SMILES string of the molecule is CC(C)CNC(=O)c1cc(CN(CC2CCCO2)C(=O)C2CC2)on1. The summed E-state index contributed by atoms with van der Waals surface area (Å²) >= 11 is 0. The topological polar surface area (TPSA) is 84.7 Å². The number of nitrogens with zero attached hydrogens (tertiary/aromatic N) is 2. The molecule has 1 aliphatic carbocycles. The van der Waals surface area contributed by atoms with Gasteiger partial charge in [0.05, 0.1) is 12.6 Å². The zero-order valence-electron chi connectivity index (χ0n) is 15.0. The van der Waals surface area contributed by atoms with Crippen LogP contribution in [0.5, 0.6) is 0 Å². The lowest BCUT2D eigenvalue weighted by Gasteiger charge is -2.24. The molecule has 1 saturated heterocycles. The van der Waals surface area contributed by atoms with Crippen molar-refractivity contribution in [2.75, 3.05) is 19.7 Å². The van der Waals surface area contributed by atoms with Crippen molar-refractivity contribution in [3.05, 3.63) is 17.5 Å². The van der Waals surface area contributed by atoms with Gasteiger partial charge in [-0.2, -0.15) is 0 Å². The summed E-state index contributed by atoms with van der Waals surface area (Å²) in [4.78, 5) is 26.4. The van der Waals surface area contributed by atoms with Gasteiger partial charge in [0.25, 0.3) is 5.91 Å². The van der Waals surface area contributed by atoms with E-state index in [1.54, 1.807) is 11.0 Å². The highest BCUT2D eigenvalue weighted by Gasteiger charge is 2.35. The smallest absolute Gasteiger partial charge is 0.273 e. The van der Waals surface area contributed by atoms with E-state index in [1.165, 1.54) is 0 Å². The van der Waals surface area contributed by atoms with Crippen LogP contribution in [0.25, 0.3) is 0 Å². The van der Waals surface area contributed by atoms with E-state index in [1.807, 2.05) is 13.8 Å². The van der Waals surface area contributed by atoms with Crippen LogP contribution in [0, 0.1) is 11.8 Å². The lowest BCUT2D eigenvalue weighted by atomic mass is 10.2. The maximum atomic E-state index is 12.5. The molecule has 25 heavy (non-hydrogen) atoms. The second kappa shape index (κ2) is 7.99. The molecule has 2 amide bonds. The maximum Gasteiger partial charge on any atom is 0.273 e. The van der Waals surface area contributed by atoms with Crippen LogP contribution in [-0.2, 0) is 16.1 Å². The number of rotatable bonds is 8. The van der Waals surface area contributed by atoms with E-state index in [9.17, 15) is 9.59 Å². The third-order valence-electron chi connectivity index (χ3n) is 4.50. The van der Waals surface area contributed by atoms with E-state index < -0.39 is 0 Å². The van der Waals surface area contributed by atoms with Crippen molar-refractivity contribution in [3.8, 4) is 0 Å². The molecule has 1 unspecified atom stereocenters. The van der Waals surface area contributed by atoms with Crippen molar-refractivity contribution in [2.24, 2.45) is 11.8 Å². The Balaban J connectivity index is 1.60. The number of ether oxygens (including phenoxy) is 1. The molecule has 1 aliphatic heterocycles. The average Bonchev–Trinajstić information content (AvgIpc) is 3.11. The molecule has 1 aromatic rings. The highest BCUT2D eigenvalue weighted by Crippen LogP contribution is 2.32. The molecule has 0 aromatic carbocycles. The van der Waals surface area contributed by atoms with Gasteiger partial charge in [0.2, 0.25) is 5.91 Å². The van der Waals surface area contributed by atoms with Gasteiger partial charge in [0.1, 0.15) is 0 Å². The predicted octanol–water partition coefficient (Wildman–Crippen LogP) is 1.98. The fourth-order valence-electron chi connectivity index (χ4n) is 2.93. The zero-order valence-corrected chi connectivity index (χ0v) is 15.0. The van der Waals surface area contributed by atoms with Crippen molar-refractivity contribution < 1.29 is 18.8 Å². The number of nitrogens with one attached hydrogen (secondary N) is 1. The van der Waals surface area contributed by atoms with Crippen molar-refractivity contribution in [2.45, 2.75) is 52.2 Å². The largest absolute Gasteiger partial charge is 0.376 e. The van der Waals surface area contributed by atoms with Crippen LogP contribution in [0.1, 0.15) is 55.8 Å². The molecular formula is C18H27N3O4. The van der Waals surface area contributed by atoms with Crippen LogP contribution in [0.2, 0.25) is 0 Å². The summed E-state index contributed by atoms with van der Waals surface area (Å²) in [5.74, 6) is 0.939. The number of hydrogen-bond donors (Lipinski definition) is 1. The zero-order chi connectivity index (χ0) is 17.8. The minimum atomic E-state index is -0.247. The molecule has 0 bridgehead atoms. The Bertz CT molecular complexity index is 603. The average molecular weight is 349 g/mol. The Morgan fingerprint density at radius 2 is 2.16 bits per heavy atom. The number of carbonyl (C=O) groups excluding carboxylic acids is 2. The maximum absolute atomic E-state index is 12.5. The van der Waals surface area contributed by atoms with Crippen LogP contribution in [0.3, 0.4) is 0 Å². The highest BCUT2D eigenvalue weighted by atomic mass is 16.5. The first kappa shape index (κ1) is 17.9. The van der Waals surface area contributed by atoms with Crippen LogP contribution < -0.4 is 5.32 Å². The third kappa shape index (κ3) is 5.04. The number of hydrogen-bond acceptors (Lipinski definition) is 5. The van der Waals surface area contributed by atoms with Crippen molar-refractivity contribution in [1.29, 1.82) is 0 Å². The molecule has 1 atom stereocenters. The quantitative estimate of drug-likeness (QED) is 0.776. The molecule has 138 valence electrons. The summed E-state index contributed by atoms with van der Waals surface area (Å²) in [6, 6.07) is 1.62. The number of amides is 2. The Morgan fingerprint density at radius 1 is 1.36 bits per heavy atom. The standard InChI is InChI=1S/C18H27N3O4/c1-12(2)9-19-17(22)16-8-15(25-20-16)11-21(18(23)13-5-6-13)10-14-4-3-7-24-14/h8,12-14H,3-7,9-11H2,1-2H3,(H,19,22). The molecule has 1 N–H and O–H groups in total. The molecule has 7 nitrogen and oxygen atoms in total. The highest BCUT2D eigenvalue weighted by molar-refractivity contribution is 5.92. The summed E-state index contributed by atoms with van der Waals surface area (Å²) in [6.45, 7) is 6.32. The van der Waals surface area contributed by atoms with E-state index in [2.05, 4.69) is 10.5 Å². The first-order valence-electron chi connectivity index (χ1n) is 9.17. The Hall–Kier alpha value is -1.89. The molecule has 1 aromatic heterocycles. The normalized spacial score (nSPS) is 20.0. The Kier molecular flexibility index (Phi) is 5.73. The van der Waals surface area contributed by atoms with Gasteiger partial charge in [0, 0.05) is 31.7 Å². The van der Waals surface area contributed by atoms with E-state index in [-0.39, 0.29) is 29.5 Å². The van der Waals surface area contributed by atoms with Crippen LogP contribution in [0.4, 0.5) is 0 Å². The Labute approximate surface area is 148 Å². The molecule has 7 heteroatoms. The second-order valence-electron chi connectivity index (χ2n) is 7.41. The van der Waals surface area contributed by atoms with Gasteiger partial charge in [-0.25, -0.2) is 0 Å². The van der Waals surface area contributed by atoms with E-state index in [0.29, 0.717) is 31.3 Å². The molecule has 0 spiro atoms. The van der Waals surface area contributed by atoms with Crippen LogP contribution in [-0.4, -0.2) is 47.7 Å². The predicted molar refractivity (Wildman–Crippen MR) is 90.8 cm³/mol. The van der Waals surface area contributed by atoms with Gasteiger partial charge >= 0.3 is 0 Å². The Morgan fingerprint density at radius 3 is 2.80 bits per heavy atom. The fourth-order valence-corrected chi connectivity index (χ4v) is 2.93. The van der Waals surface area contributed by atoms with Gasteiger partial charge in [-0.3, -0.25) is 9.59 Å². The van der Waals surface area contributed by atoms with Crippen molar-refractivity contribution in [1.82, 2.24) is 15.4 Å². The summed E-state index contributed by atoms with van der Waals surface area (Å²) < 4.78 is 11.0. The first-order chi connectivity index (χ1) is 12.0. The minimum Gasteiger partial charge on any atom is -0.376 e. The third-order valence-corrected chi connectivity index (χ3v) is 4.50. The van der Waals surface area contributed by atoms with E-state index in [0.717, 1.165) is 32.3 Å². The summed E-state index contributed by atoms with van der Waals surface area (Å²) in [5, 5.41) is 6.66. The van der Waals surface area contributed by atoms with E-state index >= 15 is 0 Å². The van der Waals surface area contributed by atoms with Gasteiger partial charge < -0.3 is 19.5 Å². The molecule has 2 fully saturated rings. The molecule has 2 heterocycles. The lowest BCUT2D eigenvalue weighted by Crippen LogP contribution is -2.37. The van der Waals surface area contributed by atoms with Crippen molar-refractivity contribution >= 4 is 11.8 Å². The summed E-state index contributed by atoms with van der Waals surface area (Å²) in [7, 11) is 0. The minimum absolute atomic E-state index is 0.0967. The van der Waals surface area contributed by atoms with Gasteiger partial charge in [-0.1, -0.05) is 19.0 Å². The molecule has 3 rings (SSSR count). The lowest BCUT2D eigenvalue weighted by molar-refractivity contribution is -0.135. The van der Waals surface area contributed by atoms with Crippen LogP contribution in [0.15, 0.2) is 10.6 Å². The monoisotopic (exact) mass is 349 g/mol. The molecule has 1 saturated carbocycles. The molecule has 2 aliphatic rings. The first-order valence-corrected chi connectivity index (χ1v) is 9.17. The number of carbonyl (C=O) groups is 2. The van der Waals surface area contributed by atoms with Gasteiger partial charge in [-0.15, -0.1) is 0 Å². The van der Waals surface area contributed by atoms with Gasteiger partial charge in [0.15, 0.2) is 11.5 Å². The summed E-state index contributed by atoms with van der Waals surface area (Å²) in [5.41, 5.74) is 0.256.